The summed E-state index contributed by atoms with van der Waals surface area (Å²) in [5, 5.41) is 3.40. The Kier molecular flexibility index (Phi) is 4.19. The van der Waals surface area contributed by atoms with Crippen molar-refractivity contribution in [3.63, 3.8) is 0 Å². The molecule has 0 radical (unpaired) electrons. The number of para-hydroxylation sites is 1. The molecule has 0 atom stereocenters. The number of hydrogen-bond acceptors (Lipinski definition) is 2. The molecule has 0 unspecified atom stereocenters. The van der Waals surface area contributed by atoms with E-state index in [0.29, 0.717) is 0 Å². The monoisotopic (exact) mass is 283 g/mol. The van der Waals surface area contributed by atoms with Crippen LogP contribution < -0.4 is 10.2 Å². The molecule has 1 aromatic heterocycles. The summed E-state index contributed by atoms with van der Waals surface area (Å²) >= 11 is 0. The van der Waals surface area contributed by atoms with Crippen molar-refractivity contribution < 1.29 is 0 Å². The highest BCUT2D eigenvalue weighted by Gasteiger charge is 2.22. The third-order valence-corrected chi connectivity index (χ3v) is 3.66. The average Bonchev–Trinajstić information content (AvgIpc) is 3.16. The molecule has 3 rings (SSSR count). The van der Waals surface area contributed by atoms with E-state index in [9.17, 15) is 0 Å². The van der Waals surface area contributed by atoms with Crippen molar-refractivity contribution >= 4 is 11.6 Å². The van der Waals surface area contributed by atoms with Gasteiger partial charge in [-0.1, -0.05) is 18.2 Å². The fourth-order valence-electron chi connectivity index (χ4n) is 2.64. The normalized spacial score (nSPS) is 14.3. The van der Waals surface area contributed by atoms with Crippen LogP contribution >= 0.6 is 0 Å². The molecule has 1 aliphatic rings. The second kappa shape index (κ2) is 6.43. The quantitative estimate of drug-likeness (QED) is 0.688. The first-order valence-corrected chi connectivity index (χ1v) is 7.48. The molecule has 0 fully saturated rings. The number of imidazole rings is 1. The van der Waals surface area contributed by atoms with E-state index in [-0.39, 0.29) is 0 Å². The first kappa shape index (κ1) is 13.7. The van der Waals surface area contributed by atoms with Crippen LogP contribution in [0.4, 0.5) is 5.69 Å². The lowest BCUT2D eigenvalue weighted by Gasteiger charge is -2.22. The topological polar surface area (TPSA) is 45.5 Å². The zero-order chi connectivity index (χ0) is 14.5. The second-order valence-electron chi connectivity index (χ2n) is 5.07. The van der Waals surface area contributed by atoms with Gasteiger partial charge in [-0.2, -0.15) is 0 Å². The van der Waals surface area contributed by atoms with Crippen molar-refractivity contribution in [2.24, 2.45) is 4.99 Å². The van der Waals surface area contributed by atoms with E-state index in [2.05, 4.69) is 46.4 Å². The van der Waals surface area contributed by atoms with Crippen molar-refractivity contribution in [2.45, 2.75) is 19.9 Å². The third-order valence-electron chi connectivity index (χ3n) is 3.66. The maximum atomic E-state index is 4.75. The highest BCUT2D eigenvalue weighted by atomic mass is 15.3. The molecule has 110 valence electrons. The van der Waals surface area contributed by atoms with Crippen LogP contribution in [0, 0.1) is 0 Å². The summed E-state index contributed by atoms with van der Waals surface area (Å²) in [4.78, 5) is 11.1. The van der Waals surface area contributed by atoms with Gasteiger partial charge in [0.15, 0.2) is 5.96 Å². The maximum Gasteiger partial charge on any atom is 0.198 e. The highest BCUT2D eigenvalue weighted by molar-refractivity contribution is 5.97. The molecule has 0 spiro atoms. The van der Waals surface area contributed by atoms with Crippen LogP contribution in [-0.4, -0.2) is 35.1 Å². The number of aromatic nitrogens is 2. The third kappa shape index (κ3) is 3.07. The van der Waals surface area contributed by atoms with Crippen molar-refractivity contribution in [1.82, 2.24) is 14.9 Å². The second-order valence-corrected chi connectivity index (χ2v) is 5.07. The largest absolute Gasteiger partial charge is 0.356 e. The Morgan fingerprint density at radius 1 is 1.38 bits per heavy atom. The van der Waals surface area contributed by atoms with Gasteiger partial charge in [0.2, 0.25) is 0 Å². The van der Waals surface area contributed by atoms with E-state index in [1.165, 1.54) is 11.3 Å². The van der Waals surface area contributed by atoms with Crippen LogP contribution in [0.3, 0.4) is 0 Å². The van der Waals surface area contributed by atoms with E-state index in [1.54, 1.807) is 6.20 Å². The Balaban J connectivity index is 1.72. The Labute approximate surface area is 125 Å². The lowest BCUT2D eigenvalue weighted by molar-refractivity contribution is 0.703. The Morgan fingerprint density at radius 3 is 3.10 bits per heavy atom. The van der Waals surface area contributed by atoms with Crippen molar-refractivity contribution in [2.75, 3.05) is 24.5 Å². The van der Waals surface area contributed by atoms with Gasteiger partial charge in [0.1, 0.15) is 0 Å². The number of nitrogens with zero attached hydrogens (tertiary/aromatic N) is 4. The van der Waals surface area contributed by atoms with Gasteiger partial charge in [-0.15, -0.1) is 0 Å². The smallest absolute Gasteiger partial charge is 0.198 e. The lowest BCUT2D eigenvalue weighted by atomic mass is 10.2. The van der Waals surface area contributed by atoms with E-state index in [4.69, 9.17) is 4.99 Å². The molecule has 21 heavy (non-hydrogen) atoms. The Bertz CT molecular complexity index is 603. The minimum atomic E-state index is 0.747. The summed E-state index contributed by atoms with van der Waals surface area (Å²) in [6.45, 7) is 5.58. The molecule has 2 aromatic rings. The molecule has 0 aliphatic carbocycles. The first-order valence-electron chi connectivity index (χ1n) is 7.48. The zero-order valence-electron chi connectivity index (χ0n) is 12.4. The number of aliphatic imine (C=N–C) groups is 1. The maximum absolute atomic E-state index is 4.75. The Hall–Kier alpha value is -2.30. The molecule has 1 aromatic carbocycles. The minimum absolute atomic E-state index is 0.747. The van der Waals surface area contributed by atoms with Crippen LogP contribution in [0.15, 0.2) is 48.0 Å². The van der Waals surface area contributed by atoms with E-state index in [0.717, 1.165) is 38.6 Å². The number of benzene rings is 1. The molecule has 0 bridgehead atoms. The van der Waals surface area contributed by atoms with Crippen LogP contribution in [0.1, 0.15) is 12.5 Å². The van der Waals surface area contributed by atoms with Crippen LogP contribution in [0.25, 0.3) is 0 Å². The molecule has 1 aliphatic heterocycles. The molecular weight excluding hydrogens is 262 g/mol. The Morgan fingerprint density at radius 2 is 2.29 bits per heavy atom. The molecule has 2 heterocycles. The summed E-state index contributed by atoms with van der Waals surface area (Å²) in [5.74, 6) is 0.975. The summed E-state index contributed by atoms with van der Waals surface area (Å²) in [6, 6.07) is 8.56. The van der Waals surface area contributed by atoms with Crippen molar-refractivity contribution in [3.8, 4) is 0 Å². The lowest BCUT2D eigenvalue weighted by Crippen LogP contribution is -2.40. The van der Waals surface area contributed by atoms with Gasteiger partial charge in [0.05, 0.1) is 12.9 Å². The standard InChI is InChI=1S/C16H21N5/c1-2-18-16(19-9-12-20-11-8-17-13-20)21-10-7-14-5-3-4-6-15(14)21/h3-6,8,11,13H,2,7,9-10,12H2,1H3,(H,18,19). The fourth-order valence-corrected chi connectivity index (χ4v) is 2.64. The fraction of sp³-hybridized carbons (Fsp3) is 0.375. The number of rotatable bonds is 4. The van der Waals surface area contributed by atoms with Gasteiger partial charge in [-0.3, -0.25) is 4.99 Å². The number of guanidine groups is 1. The van der Waals surface area contributed by atoms with Gasteiger partial charge in [0.25, 0.3) is 0 Å². The SMILES string of the molecule is CCNC(=NCCn1ccnc1)N1CCc2ccccc21. The van der Waals surface area contributed by atoms with E-state index in [1.807, 2.05) is 17.1 Å². The molecule has 0 amide bonds. The van der Waals surface area contributed by atoms with E-state index >= 15 is 0 Å². The van der Waals surface area contributed by atoms with Gasteiger partial charge in [0, 0.05) is 37.7 Å². The summed E-state index contributed by atoms with van der Waals surface area (Å²) in [7, 11) is 0. The molecule has 1 N–H and O–H groups in total. The minimum Gasteiger partial charge on any atom is -0.356 e. The van der Waals surface area contributed by atoms with E-state index < -0.39 is 0 Å². The van der Waals surface area contributed by atoms with Crippen molar-refractivity contribution in [1.29, 1.82) is 0 Å². The molecular formula is C16H21N5. The van der Waals surface area contributed by atoms with Crippen LogP contribution in [-0.2, 0) is 13.0 Å². The number of anilines is 1. The zero-order valence-corrected chi connectivity index (χ0v) is 12.4. The number of nitrogens with one attached hydrogen (secondary N) is 1. The number of fused-ring (bicyclic) bond motifs is 1. The predicted octanol–water partition coefficient (Wildman–Crippen LogP) is 1.91. The van der Waals surface area contributed by atoms with Gasteiger partial charge >= 0.3 is 0 Å². The average molecular weight is 283 g/mol. The molecule has 0 saturated carbocycles. The van der Waals surface area contributed by atoms with Gasteiger partial charge in [-0.05, 0) is 25.0 Å². The van der Waals surface area contributed by atoms with Crippen molar-refractivity contribution in [3.05, 3.63) is 48.5 Å². The first-order chi connectivity index (χ1) is 10.4. The molecule has 5 nitrogen and oxygen atoms in total. The molecule has 5 heteroatoms. The van der Waals surface area contributed by atoms with Gasteiger partial charge in [-0.25, -0.2) is 4.98 Å². The molecule has 0 saturated heterocycles. The summed E-state index contributed by atoms with van der Waals surface area (Å²) < 4.78 is 2.05. The van der Waals surface area contributed by atoms with Gasteiger partial charge < -0.3 is 14.8 Å². The number of hydrogen-bond donors (Lipinski definition) is 1. The van der Waals surface area contributed by atoms with Crippen LogP contribution in [0.2, 0.25) is 0 Å². The summed E-state index contributed by atoms with van der Waals surface area (Å²) in [6.07, 6.45) is 6.68. The van der Waals surface area contributed by atoms with Crippen LogP contribution in [0.5, 0.6) is 0 Å². The highest BCUT2D eigenvalue weighted by Crippen LogP contribution is 2.27. The predicted molar refractivity (Wildman–Crippen MR) is 85.7 cm³/mol. The summed E-state index contributed by atoms with van der Waals surface area (Å²) in [5.41, 5.74) is 2.68.